The third-order valence-electron chi connectivity index (χ3n) is 5.35. The molecule has 1 aliphatic carbocycles. The molecule has 0 saturated heterocycles. The van der Waals surface area contributed by atoms with Crippen molar-refractivity contribution in [2.24, 2.45) is 0 Å². The van der Waals surface area contributed by atoms with Gasteiger partial charge in [0.2, 0.25) is 0 Å². The molecule has 1 heterocycles. The van der Waals surface area contributed by atoms with Gasteiger partial charge in [-0.1, -0.05) is 54.4 Å². The average molecular weight is 351 g/mol. The van der Waals surface area contributed by atoms with E-state index in [0.717, 1.165) is 33.7 Å². The molecule has 128 valence electrons. The minimum Gasteiger partial charge on any atom is -0.309 e. The summed E-state index contributed by atoms with van der Waals surface area (Å²) >= 11 is 6.69. The van der Waals surface area contributed by atoms with E-state index in [4.69, 9.17) is 16.6 Å². The second-order valence-electron chi connectivity index (χ2n) is 7.46. The number of benzene rings is 2. The number of hydrogen-bond acceptors (Lipinski definition) is 2. The fourth-order valence-corrected chi connectivity index (χ4v) is 4.41. The number of likely N-dealkylation sites (N-methyl/N-ethyl adjacent to an activating group) is 1. The van der Waals surface area contributed by atoms with E-state index in [0.29, 0.717) is 0 Å². The normalized spacial score (nSPS) is 16.2. The van der Waals surface area contributed by atoms with Gasteiger partial charge >= 0.3 is 0 Å². The Hall–Kier alpha value is -1.90. The fraction of sp³-hybridized carbons (Fsp3) is 0.318. The second-order valence-corrected chi connectivity index (χ2v) is 7.87. The zero-order chi connectivity index (χ0) is 17.4. The fourth-order valence-electron chi connectivity index (χ4n) is 4.04. The molecule has 0 bridgehead atoms. The van der Waals surface area contributed by atoms with Crippen molar-refractivity contribution >= 4 is 22.5 Å². The van der Waals surface area contributed by atoms with Gasteiger partial charge in [0.05, 0.1) is 11.2 Å². The topological polar surface area (TPSA) is 16.1 Å². The zero-order valence-electron chi connectivity index (χ0n) is 14.8. The van der Waals surface area contributed by atoms with Crippen LogP contribution in [-0.4, -0.2) is 30.5 Å². The lowest BCUT2D eigenvalue weighted by atomic mass is 9.64. The Labute approximate surface area is 154 Å². The van der Waals surface area contributed by atoms with Gasteiger partial charge in [-0.2, -0.15) is 0 Å². The van der Waals surface area contributed by atoms with E-state index in [2.05, 4.69) is 67.5 Å². The maximum Gasteiger partial charge on any atom is 0.0713 e. The first-order valence-electron chi connectivity index (χ1n) is 8.88. The highest BCUT2D eigenvalue weighted by molar-refractivity contribution is 6.32. The van der Waals surface area contributed by atoms with E-state index in [-0.39, 0.29) is 5.41 Å². The predicted octanol–water partition coefficient (Wildman–Crippen LogP) is 5.54. The van der Waals surface area contributed by atoms with Gasteiger partial charge in [0.25, 0.3) is 0 Å². The quantitative estimate of drug-likeness (QED) is 0.614. The van der Waals surface area contributed by atoms with Gasteiger partial charge in [-0.15, -0.1) is 0 Å². The average Bonchev–Trinajstić information content (AvgIpc) is 2.58. The van der Waals surface area contributed by atoms with E-state index in [1.165, 1.54) is 24.8 Å². The highest BCUT2D eigenvalue weighted by atomic mass is 35.5. The van der Waals surface area contributed by atoms with Crippen LogP contribution < -0.4 is 0 Å². The lowest BCUT2D eigenvalue weighted by Gasteiger charge is -2.44. The van der Waals surface area contributed by atoms with Gasteiger partial charge in [-0.05, 0) is 50.7 Å². The van der Waals surface area contributed by atoms with E-state index < -0.39 is 0 Å². The third kappa shape index (κ3) is 3.05. The number of nitrogens with zero attached hydrogens (tertiary/aromatic N) is 2. The SMILES string of the molecule is CN(C)CC1(c2cc3nc(-c4ccccc4)ccc3cc2Cl)CCC1. The lowest BCUT2D eigenvalue weighted by Crippen LogP contribution is -2.43. The van der Waals surface area contributed by atoms with Crippen LogP contribution in [0.3, 0.4) is 0 Å². The van der Waals surface area contributed by atoms with Gasteiger partial charge in [-0.3, -0.25) is 0 Å². The van der Waals surface area contributed by atoms with E-state index in [1.807, 2.05) is 6.07 Å². The molecule has 1 fully saturated rings. The lowest BCUT2D eigenvalue weighted by molar-refractivity contribution is 0.178. The van der Waals surface area contributed by atoms with Gasteiger partial charge in [-0.25, -0.2) is 4.98 Å². The summed E-state index contributed by atoms with van der Waals surface area (Å²) in [6.07, 6.45) is 3.68. The van der Waals surface area contributed by atoms with E-state index in [1.54, 1.807) is 0 Å². The van der Waals surface area contributed by atoms with Crippen LogP contribution in [0.25, 0.3) is 22.2 Å². The summed E-state index contributed by atoms with van der Waals surface area (Å²) in [5.74, 6) is 0. The Morgan fingerprint density at radius 1 is 1.04 bits per heavy atom. The van der Waals surface area contributed by atoms with Crippen molar-refractivity contribution in [1.29, 1.82) is 0 Å². The van der Waals surface area contributed by atoms with E-state index >= 15 is 0 Å². The minimum atomic E-state index is 0.180. The molecule has 1 aromatic heterocycles. The molecule has 3 heteroatoms. The monoisotopic (exact) mass is 350 g/mol. The van der Waals surface area contributed by atoms with Crippen molar-refractivity contribution in [3.05, 3.63) is 65.2 Å². The molecule has 0 spiro atoms. The van der Waals surface area contributed by atoms with Crippen LogP contribution in [0.2, 0.25) is 5.02 Å². The molecule has 3 aromatic rings. The predicted molar refractivity (Wildman–Crippen MR) is 106 cm³/mol. The number of aromatic nitrogens is 1. The summed E-state index contributed by atoms with van der Waals surface area (Å²) in [4.78, 5) is 7.20. The van der Waals surface area contributed by atoms with Crippen LogP contribution in [0.4, 0.5) is 0 Å². The van der Waals surface area contributed by atoms with Crippen molar-refractivity contribution < 1.29 is 0 Å². The summed E-state index contributed by atoms with van der Waals surface area (Å²) in [7, 11) is 4.28. The molecule has 0 atom stereocenters. The molecule has 1 aliphatic rings. The van der Waals surface area contributed by atoms with Crippen molar-refractivity contribution in [3.63, 3.8) is 0 Å². The molecule has 2 aromatic carbocycles. The number of fused-ring (bicyclic) bond motifs is 1. The highest BCUT2D eigenvalue weighted by Crippen LogP contribution is 2.47. The standard InChI is InChI=1S/C22H23ClN2/c1-25(2)15-22(11-6-12-22)18-14-21-17(13-19(18)23)9-10-20(24-21)16-7-4-3-5-8-16/h3-5,7-10,13-14H,6,11-12,15H2,1-2H3. The molecule has 0 aliphatic heterocycles. The van der Waals surface area contributed by atoms with Gasteiger partial charge < -0.3 is 4.90 Å². The molecule has 0 radical (unpaired) electrons. The van der Waals surface area contributed by atoms with Crippen molar-refractivity contribution in [2.75, 3.05) is 20.6 Å². The van der Waals surface area contributed by atoms with Crippen LogP contribution in [0.5, 0.6) is 0 Å². The Kier molecular flexibility index (Phi) is 4.26. The van der Waals surface area contributed by atoms with Crippen LogP contribution >= 0.6 is 11.6 Å². The molecular weight excluding hydrogens is 328 g/mol. The zero-order valence-corrected chi connectivity index (χ0v) is 15.6. The van der Waals surface area contributed by atoms with Crippen LogP contribution in [0.1, 0.15) is 24.8 Å². The Balaban J connectivity index is 1.82. The molecule has 0 amide bonds. The first-order valence-corrected chi connectivity index (χ1v) is 9.26. The summed E-state index contributed by atoms with van der Waals surface area (Å²) in [5, 5.41) is 1.98. The van der Waals surface area contributed by atoms with Crippen molar-refractivity contribution in [1.82, 2.24) is 9.88 Å². The smallest absolute Gasteiger partial charge is 0.0713 e. The number of pyridine rings is 1. The van der Waals surface area contributed by atoms with Crippen LogP contribution in [0.15, 0.2) is 54.6 Å². The molecule has 0 N–H and O–H groups in total. The van der Waals surface area contributed by atoms with Crippen LogP contribution in [-0.2, 0) is 5.41 Å². The Morgan fingerprint density at radius 2 is 1.80 bits per heavy atom. The van der Waals surface area contributed by atoms with Gasteiger partial charge in [0.1, 0.15) is 0 Å². The maximum atomic E-state index is 6.69. The first kappa shape index (κ1) is 16.6. The molecule has 0 unspecified atom stereocenters. The van der Waals surface area contributed by atoms with Gasteiger partial charge in [0, 0.05) is 27.9 Å². The second kappa shape index (κ2) is 6.44. The molecule has 25 heavy (non-hydrogen) atoms. The van der Waals surface area contributed by atoms with Crippen LogP contribution in [0, 0.1) is 0 Å². The summed E-state index contributed by atoms with van der Waals surface area (Å²) < 4.78 is 0. The molecule has 4 rings (SSSR count). The number of halogens is 1. The molecule has 2 nitrogen and oxygen atoms in total. The highest BCUT2D eigenvalue weighted by Gasteiger charge is 2.40. The molecule has 1 saturated carbocycles. The summed E-state index contributed by atoms with van der Waals surface area (Å²) in [6, 6.07) is 18.9. The summed E-state index contributed by atoms with van der Waals surface area (Å²) in [6.45, 7) is 1.04. The van der Waals surface area contributed by atoms with Gasteiger partial charge in [0.15, 0.2) is 0 Å². The Morgan fingerprint density at radius 3 is 2.44 bits per heavy atom. The minimum absolute atomic E-state index is 0.180. The van der Waals surface area contributed by atoms with E-state index in [9.17, 15) is 0 Å². The number of hydrogen-bond donors (Lipinski definition) is 0. The summed E-state index contributed by atoms with van der Waals surface area (Å²) in [5.41, 5.74) is 4.63. The largest absolute Gasteiger partial charge is 0.309 e. The van der Waals surface area contributed by atoms with Crippen molar-refractivity contribution in [3.8, 4) is 11.3 Å². The molecular formula is C22H23ClN2. The van der Waals surface area contributed by atoms with Crippen molar-refractivity contribution in [2.45, 2.75) is 24.7 Å². The number of rotatable bonds is 4. The Bertz CT molecular complexity index is 899. The first-order chi connectivity index (χ1) is 12.1. The third-order valence-corrected chi connectivity index (χ3v) is 5.66. The maximum absolute atomic E-state index is 6.69.